The van der Waals surface area contributed by atoms with Crippen LogP contribution in [0.25, 0.3) is 11.3 Å². The Morgan fingerprint density at radius 3 is 2.68 bits per heavy atom. The molecule has 4 rings (SSSR count). The second kappa shape index (κ2) is 9.17. The number of para-hydroxylation sites is 2. The highest BCUT2D eigenvalue weighted by Gasteiger charge is 2.20. The van der Waals surface area contributed by atoms with Gasteiger partial charge < -0.3 is 23.9 Å². The fraction of sp³-hybridized carbons (Fsp3) is 0.130. The number of rotatable bonds is 7. The summed E-state index contributed by atoms with van der Waals surface area (Å²) in [5.74, 6) is 1.22. The lowest BCUT2D eigenvalue weighted by Crippen LogP contribution is -2.34. The largest absolute Gasteiger partial charge is 0.496 e. The van der Waals surface area contributed by atoms with Gasteiger partial charge in [0.2, 0.25) is 0 Å². The zero-order chi connectivity index (χ0) is 21.6. The van der Waals surface area contributed by atoms with Gasteiger partial charge in [-0.2, -0.15) is 0 Å². The van der Waals surface area contributed by atoms with Crippen molar-refractivity contribution in [3.8, 4) is 17.1 Å². The summed E-state index contributed by atoms with van der Waals surface area (Å²) in [4.78, 5) is 14.4. The standard InChI is InChI=1S/C23H20FN3O4/c1-29-21-11-5-2-8-18(21)22-13-16(26-31-22)14-27(15-17-7-6-12-30-17)23(28)25-20-10-4-3-9-19(20)24/h2-13H,14-15H2,1H3,(H,25,28). The molecule has 2 aromatic carbocycles. The first kappa shape index (κ1) is 20.2. The van der Waals surface area contributed by atoms with E-state index in [4.69, 9.17) is 13.7 Å². The smallest absolute Gasteiger partial charge is 0.322 e. The molecule has 31 heavy (non-hydrogen) atoms. The molecule has 0 aliphatic heterocycles. The molecule has 2 aromatic heterocycles. The minimum atomic E-state index is -0.520. The zero-order valence-corrected chi connectivity index (χ0v) is 16.7. The highest BCUT2D eigenvalue weighted by Crippen LogP contribution is 2.30. The summed E-state index contributed by atoms with van der Waals surface area (Å²) in [6, 6.07) is 18.1. The summed E-state index contributed by atoms with van der Waals surface area (Å²) in [5.41, 5.74) is 1.36. The van der Waals surface area contributed by atoms with E-state index in [-0.39, 0.29) is 18.8 Å². The summed E-state index contributed by atoms with van der Waals surface area (Å²) in [7, 11) is 1.58. The van der Waals surface area contributed by atoms with E-state index in [1.807, 2.05) is 24.3 Å². The van der Waals surface area contributed by atoms with E-state index >= 15 is 0 Å². The van der Waals surface area contributed by atoms with Crippen molar-refractivity contribution in [2.24, 2.45) is 0 Å². The Kier molecular flexibility index (Phi) is 5.98. The maximum atomic E-state index is 14.0. The number of halogens is 1. The van der Waals surface area contributed by atoms with Crippen molar-refractivity contribution in [1.29, 1.82) is 0 Å². The third-order valence-corrected chi connectivity index (χ3v) is 4.61. The molecule has 4 aromatic rings. The number of nitrogens with one attached hydrogen (secondary N) is 1. The molecular formula is C23H20FN3O4. The van der Waals surface area contributed by atoms with E-state index in [1.165, 1.54) is 23.3 Å². The predicted molar refractivity (Wildman–Crippen MR) is 112 cm³/mol. The number of nitrogens with zero attached hydrogens (tertiary/aromatic N) is 2. The van der Waals surface area contributed by atoms with E-state index < -0.39 is 11.8 Å². The quantitative estimate of drug-likeness (QED) is 0.437. The van der Waals surface area contributed by atoms with Crippen LogP contribution in [-0.4, -0.2) is 23.2 Å². The second-order valence-corrected chi connectivity index (χ2v) is 6.73. The molecule has 0 aliphatic carbocycles. The molecule has 0 bridgehead atoms. The minimum Gasteiger partial charge on any atom is -0.496 e. The average Bonchev–Trinajstić information content (AvgIpc) is 3.47. The van der Waals surface area contributed by atoms with Gasteiger partial charge in [-0.1, -0.05) is 29.4 Å². The number of urea groups is 1. The van der Waals surface area contributed by atoms with Gasteiger partial charge in [0.1, 0.15) is 23.0 Å². The van der Waals surface area contributed by atoms with Gasteiger partial charge in [0, 0.05) is 6.07 Å². The molecule has 0 unspecified atom stereocenters. The maximum absolute atomic E-state index is 14.0. The van der Waals surface area contributed by atoms with E-state index in [9.17, 15) is 9.18 Å². The normalized spacial score (nSPS) is 10.6. The molecule has 0 saturated heterocycles. The Morgan fingerprint density at radius 1 is 1.10 bits per heavy atom. The average molecular weight is 421 g/mol. The van der Waals surface area contributed by atoms with Crippen molar-refractivity contribution in [3.63, 3.8) is 0 Å². The Labute approximate surface area is 178 Å². The van der Waals surface area contributed by atoms with Crippen LogP contribution in [0.3, 0.4) is 0 Å². The van der Waals surface area contributed by atoms with Gasteiger partial charge in [-0.25, -0.2) is 9.18 Å². The summed E-state index contributed by atoms with van der Waals surface area (Å²) in [6.45, 7) is 0.295. The van der Waals surface area contributed by atoms with Gasteiger partial charge in [-0.15, -0.1) is 0 Å². The van der Waals surface area contributed by atoms with Crippen molar-refractivity contribution < 1.29 is 22.9 Å². The number of anilines is 1. The van der Waals surface area contributed by atoms with Crippen molar-refractivity contribution in [2.45, 2.75) is 13.1 Å². The number of carbonyl (C=O) groups is 1. The second-order valence-electron chi connectivity index (χ2n) is 6.73. The first-order valence-electron chi connectivity index (χ1n) is 9.56. The number of benzene rings is 2. The lowest BCUT2D eigenvalue weighted by molar-refractivity contribution is 0.199. The van der Waals surface area contributed by atoms with Gasteiger partial charge in [0.25, 0.3) is 0 Å². The maximum Gasteiger partial charge on any atom is 0.322 e. The van der Waals surface area contributed by atoms with Crippen LogP contribution in [-0.2, 0) is 13.1 Å². The minimum absolute atomic E-state index is 0.0896. The van der Waals surface area contributed by atoms with Crippen LogP contribution in [0.5, 0.6) is 5.75 Å². The number of carbonyl (C=O) groups excluding carboxylic acids is 1. The molecule has 8 heteroatoms. The van der Waals surface area contributed by atoms with Gasteiger partial charge in [-0.3, -0.25) is 0 Å². The number of hydrogen-bond acceptors (Lipinski definition) is 5. The summed E-state index contributed by atoms with van der Waals surface area (Å²) >= 11 is 0. The Morgan fingerprint density at radius 2 is 1.90 bits per heavy atom. The monoisotopic (exact) mass is 421 g/mol. The summed E-state index contributed by atoms with van der Waals surface area (Å²) in [5, 5.41) is 6.68. The first-order chi connectivity index (χ1) is 15.1. The number of furan rings is 1. The van der Waals surface area contributed by atoms with Crippen LogP contribution in [0.1, 0.15) is 11.5 Å². The van der Waals surface area contributed by atoms with Gasteiger partial charge in [0.15, 0.2) is 5.76 Å². The van der Waals surface area contributed by atoms with Crippen molar-refractivity contribution in [3.05, 3.63) is 90.3 Å². The van der Waals surface area contributed by atoms with E-state index in [1.54, 1.807) is 37.4 Å². The molecule has 2 heterocycles. The molecule has 158 valence electrons. The van der Waals surface area contributed by atoms with Crippen LogP contribution in [0.15, 0.2) is 81.9 Å². The molecular weight excluding hydrogens is 401 g/mol. The van der Waals surface area contributed by atoms with E-state index in [0.717, 1.165) is 5.56 Å². The fourth-order valence-corrected chi connectivity index (χ4v) is 3.10. The fourth-order valence-electron chi connectivity index (χ4n) is 3.10. The zero-order valence-electron chi connectivity index (χ0n) is 16.7. The Balaban J connectivity index is 1.56. The van der Waals surface area contributed by atoms with Crippen molar-refractivity contribution >= 4 is 11.7 Å². The SMILES string of the molecule is COc1ccccc1-c1cc(CN(Cc2ccco2)C(=O)Nc2ccccc2F)no1. The number of amides is 2. The lowest BCUT2D eigenvalue weighted by Gasteiger charge is -2.21. The molecule has 1 N–H and O–H groups in total. The number of aromatic nitrogens is 1. The van der Waals surface area contributed by atoms with Crippen LogP contribution in [0.2, 0.25) is 0 Å². The van der Waals surface area contributed by atoms with Crippen LogP contribution < -0.4 is 10.1 Å². The molecule has 0 radical (unpaired) electrons. The predicted octanol–water partition coefficient (Wildman–Crippen LogP) is 5.32. The van der Waals surface area contributed by atoms with Crippen LogP contribution >= 0.6 is 0 Å². The number of methoxy groups -OCH3 is 1. The Bertz CT molecular complexity index is 1160. The number of ether oxygens (including phenoxy) is 1. The Hall–Kier alpha value is -4.07. The molecule has 0 spiro atoms. The van der Waals surface area contributed by atoms with Crippen molar-refractivity contribution in [1.82, 2.24) is 10.1 Å². The van der Waals surface area contributed by atoms with Gasteiger partial charge in [0.05, 0.1) is 37.7 Å². The topological polar surface area (TPSA) is 80.7 Å². The lowest BCUT2D eigenvalue weighted by atomic mass is 10.1. The number of hydrogen-bond donors (Lipinski definition) is 1. The molecule has 7 nitrogen and oxygen atoms in total. The first-order valence-corrected chi connectivity index (χ1v) is 9.56. The molecule has 0 fully saturated rings. The molecule has 0 aliphatic rings. The van der Waals surface area contributed by atoms with Crippen molar-refractivity contribution in [2.75, 3.05) is 12.4 Å². The van der Waals surface area contributed by atoms with E-state index in [0.29, 0.717) is 23.0 Å². The van der Waals surface area contributed by atoms with Gasteiger partial charge in [-0.05, 0) is 36.4 Å². The highest BCUT2D eigenvalue weighted by atomic mass is 19.1. The van der Waals surface area contributed by atoms with Crippen LogP contribution in [0, 0.1) is 5.82 Å². The highest BCUT2D eigenvalue weighted by molar-refractivity contribution is 5.89. The van der Waals surface area contributed by atoms with Gasteiger partial charge >= 0.3 is 6.03 Å². The third kappa shape index (κ3) is 4.75. The molecule has 0 atom stereocenters. The summed E-state index contributed by atoms with van der Waals surface area (Å²) in [6.07, 6.45) is 1.53. The van der Waals surface area contributed by atoms with E-state index in [2.05, 4.69) is 10.5 Å². The molecule has 2 amide bonds. The molecule has 0 saturated carbocycles. The van der Waals surface area contributed by atoms with Crippen LogP contribution in [0.4, 0.5) is 14.9 Å². The third-order valence-electron chi connectivity index (χ3n) is 4.61. The summed E-state index contributed by atoms with van der Waals surface area (Å²) < 4.78 is 30.2.